The monoisotopic (exact) mass is 480 g/mol. The van der Waals surface area contributed by atoms with Crippen molar-refractivity contribution in [1.82, 2.24) is 0 Å². The molecule has 0 aromatic heterocycles. The normalized spacial score (nSPS) is 11.6. The minimum absolute atomic E-state index is 0.719. The van der Waals surface area contributed by atoms with Crippen molar-refractivity contribution in [2.45, 2.75) is 45.4 Å². The van der Waals surface area contributed by atoms with Crippen LogP contribution >= 0.6 is 0 Å². The molecule has 6 aromatic rings. The van der Waals surface area contributed by atoms with E-state index in [1.165, 1.54) is 75.2 Å². The summed E-state index contributed by atoms with van der Waals surface area (Å²) in [6.07, 6.45) is 13.4. The Morgan fingerprint density at radius 2 is 1.22 bits per heavy atom. The molecule has 0 heterocycles. The molecule has 0 radical (unpaired) electrons. The Hall–Kier alpha value is -4.02. The van der Waals surface area contributed by atoms with Crippen LogP contribution in [0.2, 0.25) is 0 Å². The first-order valence-electron chi connectivity index (χ1n) is 13.6. The topological polar surface area (TPSA) is 9.23 Å². The number of fused-ring (bicyclic) bond motifs is 9. The molecule has 6 aromatic carbocycles. The van der Waals surface area contributed by atoms with E-state index in [1.54, 1.807) is 0 Å². The van der Waals surface area contributed by atoms with Crippen molar-refractivity contribution in [1.29, 1.82) is 0 Å². The number of ether oxygens (including phenoxy) is 1. The van der Waals surface area contributed by atoms with Gasteiger partial charge in [-0.2, -0.15) is 0 Å². The van der Waals surface area contributed by atoms with Gasteiger partial charge in [-0.1, -0.05) is 118 Å². The molecule has 0 spiro atoms. The molecule has 0 amide bonds. The Balaban J connectivity index is 1.56. The number of rotatable bonds is 8. The molecular formula is C36H32O. The van der Waals surface area contributed by atoms with Gasteiger partial charge in [-0.15, -0.1) is 6.42 Å². The molecule has 0 N–H and O–H groups in total. The Kier molecular flexibility index (Phi) is 6.42. The summed E-state index contributed by atoms with van der Waals surface area (Å²) in [4.78, 5) is 0. The number of hydrogen-bond acceptors (Lipinski definition) is 1. The average Bonchev–Trinajstić information content (AvgIpc) is 2.95. The second-order valence-electron chi connectivity index (χ2n) is 10.1. The van der Waals surface area contributed by atoms with Crippen LogP contribution in [0.1, 0.15) is 51.0 Å². The van der Waals surface area contributed by atoms with Crippen LogP contribution in [0.5, 0.6) is 5.75 Å². The molecule has 0 unspecified atom stereocenters. The average molecular weight is 481 g/mol. The van der Waals surface area contributed by atoms with E-state index in [0.717, 1.165) is 35.1 Å². The fraction of sp³-hybridized carbons (Fsp3) is 0.222. The lowest BCUT2D eigenvalue weighted by molar-refractivity contribution is 0.308. The van der Waals surface area contributed by atoms with Crippen molar-refractivity contribution in [2.75, 3.05) is 6.61 Å². The largest absolute Gasteiger partial charge is 0.493 e. The molecule has 0 saturated carbocycles. The summed E-state index contributed by atoms with van der Waals surface area (Å²) in [7, 11) is 0. The predicted octanol–water partition coefficient (Wildman–Crippen LogP) is 10.2. The number of benzene rings is 6. The van der Waals surface area contributed by atoms with E-state index in [0.29, 0.717) is 0 Å². The minimum Gasteiger partial charge on any atom is -0.493 e. The summed E-state index contributed by atoms with van der Waals surface area (Å²) in [6, 6.07) is 30.7. The first-order valence-corrected chi connectivity index (χ1v) is 13.6. The van der Waals surface area contributed by atoms with Crippen molar-refractivity contribution in [2.24, 2.45) is 0 Å². The SMILES string of the molecule is C#Cc1cc(OCCCCCCCC)c2ccc3ccc4ccc5ccc6ccccc6c5c4c3c2c1. The van der Waals surface area contributed by atoms with Crippen molar-refractivity contribution < 1.29 is 4.74 Å². The van der Waals surface area contributed by atoms with Crippen LogP contribution in [-0.4, -0.2) is 6.61 Å². The molecular weight excluding hydrogens is 448 g/mol. The Morgan fingerprint density at radius 1 is 0.595 bits per heavy atom. The maximum atomic E-state index is 6.39. The quantitative estimate of drug-likeness (QED) is 0.120. The second kappa shape index (κ2) is 10.2. The highest BCUT2D eigenvalue weighted by atomic mass is 16.5. The fourth-order valence-corrected chi connectivity index (χ4v) is 5.80. The van der Waals surface area contributed by atoms with Crippen LogP contribution in [-0.2, 0) is 0 Å². The van der Waals surface area contributed by atoms with Gasteiger partial charge in [0.15, 0.2) is 0 Å². The summed E-state index contributed by atoms with van der Waals surface area (Å²) in [6.45, 7) is 2.97. The molecule has 182 valence electrons. The van der Waals surface area contributed by atoms with E-state index >= 15 is 0 Å². The van der Waals surface area contributed by atoms with Gasteiger partial charge in [-0.3, -0.25) is 0 Å². The van der Waals surface area contributed by atoms with Crippen LogP contribution in [0, 0.1) is 12.3 Å². The summed E-state index contributed by atoms with van der Waals surface area (Å²) in [5, 5.41) is 12.4. The number of unbranched alkanes of at least 4 members (excludes halogenated alkanes) is 5. The molecule has 0 aliphatic carbocycles. The van der Waals surface area contributed by atoms with Gasteiger partial charge in [-0.05, 0) is 67.0 Å². The van der Waals surface area contributed by atoms with Gasteiger partial charge in [0.25, 0.3) is 0 Å². The molecule has 0 fully saturated rings. The van der Waals surface area contributed by atoms with Crippen molar-refractivity contribution in [3.63, 3.8) is 0 Å². The Bertz CT molecular complexity index is 1790. The van der Waals surface area contributed by atoms with Crippen molar-refractivity contribution >= 4 is 53.9 Å². The zero-order valence-corrected chi connectivity index (χ0v) is 21.5. The molecule has 1 heteroatoms. The highest BCUT2D eigenvalue weighted by Gasteiger charge is 2.14. The maximum Gasteiger partial charge on any atom is 0.128 e. The van der Waals surface area contributed by atoms with Crippen LogP contribution in [0.25, 0.3) is 53.9 Å². The molecule has 0 aliphatic heterocycles. The first-order chi connectivity index (χ1) is 18.3. The smallest absolute Gasteiger partial charge is 0.128 e. The van der Waals surface area contributed by atoms with Crippen LogP contribution in [0.4, 0.5) is 0 Å². The molecule has 6 rings (SSSR count). The van der Waals surface area contributed by atoms with Crippen molar-refractivity contribution in [3.8, 4) is 18.1 Å². The molecule has 0 saturated heterocycles. The third-order valence-corrected chi connectivity index (χ3v) is 7.69. The van der Waals surface area contributed by atoms with E-state index < -0.39 is 0 Å². The highest BCUT2D eigenvalue weighted by Crippen LogP contribution is 2.41. The molecule has 0 atom stereocenters. The number of hydrogen-bond donors (Lipinski definition) is 0. The van der Waals surface area contributed by atoms with Gasteiger partial charge in [-0.25, -0.2) is 0 Å². The lowest BCUT2D eigenvalue weighted by Crippen LogP contribution is -1.99. The minimum atomic E-state index is 0.719. The molecule has 0 bridgehead atoms. The van der Waals surface area contributed by atoms with Crippen LogP contribution < -0.4 is 4.74 Å². The predicted molar refractivity (Wildman–Crippen MR) is 161 cm³/mol. The van der Waals surface area contributed by atoms with Crippen LogP contribution in [0.3, 0.4) is 0 Å². The van der Waals surface area contributed by atoms with Crippen LogP contribution in [0.15, 0.2) is 84.9 Å². The van der Waals surface area contributed by atoms with E-state index in [-0.39, 0.29) is 0 Å². The molecule has 37 heavy (non-hydrogen) atoms. The van der Waals surface area contributed by atoms with Crippen molar-refractivity contribution in [3.05, 3.63) is 90.5 Å². The molecule has 0 aliphatic rings. The summed E-state index contributed by atoms with van der Waals surface area (Å²) >= 11 is 0. The summed E-state index contributed by atoms with van der Waals surface area (Å²) in [5.41, 5.74) is 0.861. The Labute approximate surface area is 219 Å². The standard InChI is InChI=1S/C36H32O/c1-3-5-6-7-8-11-22-37-33-24-25(4-2)23-32-31(33)21-20-28-17-19-29-18-16-27-15-14-26-12-9-10-13-30(26)34(27)36(29)35(28)32/h2,9-10,12-21,23-24H,3,5-8,11,22H2,1H3. The maximum absolute atomic E-state index is 6.39. The van der Waals surface area contributed by atoms with E-state index in [4.69, 9.17) is 11.2 Å². The van der Waals surface area contributed by atoms with Gasteiger partial charge in [0, 0.05) is 10.9 Å². The van der Waals surface area contributed by atoms with Gasteiger partial charge < -0.3 is 4.74 Å². The highest BCUT2D eigenvalue weighted by molar-refractivity contribution is 6.32. The fourth-order valence-electron chi connectivity index (χ4n) is 5.80. The zero-order chi connectivity index (χ0) is 25.2. The van der Waals surface area contributed by atoms with Gasteiger partial charge >= 0.3 is 0 Å². The second-order valence-corrected chi connectivity index (χ2v) is 10.1. The first kappa shape index (κ1) is 23.4. The third kappa shape index (κ3) is 4.28. The van der Waals surface area contributed by atoms with E-state index in [9.17, 15) is 0 Å². The van der Waals surface area contributed by atoms with Gasteiger partial charge in [0.05, 0.1) is 6.61 Å². The summed E-state index contributed by atoms with van der Waals surface area (Å²) < 4.78 is 6.39. The van der Waals surface area contributed by atoms with E-state index in [2.05, 4.69) is 91.7 Å². The Morgan fingerprint density at radius 3 is 1.97 bits per heavy atom. The number of terminal acetylenes is 1. The zero-order valence-electron chi connectivity index (χ0n) is 21.5. The molecule has 1 nitrogen and oxygen atoms in total. The lowest BCUT2D eigenvalue weighted by Gasteiger charge is -2.15. The van der Waals surface area contributed by atoms with Gasteiger partial charge in [0.1, 0.15) is 5.75 Å². The van der Waals surface area contributed by atoms with E-state index in [1.807, 2.05) is 6.07 Å². The third-order valence-electron chi connectivity index (χ3n) is 7.69. The van der Waals surface area contributed by atoms with Gasteiger partial charge in [0.2, 0.25) is 0 Å². The summed E-state index contributed by atoms with van der Waals surface area (Å²) in [5.74, 6) is 3.78. The lowest BCUT2D eigenvalue weighted by atomic mass is 9.90.